The van der Waals surface area contributed by atoms with Crippen molar-refractivity contribution in [1.82, 2.24) is 4.98 Å². The zero-order chi connectivity index (χ0) is 18.6. The summed E-state index contributed by atoms with van der Waals surface area (Å²) in [6.45, 7) is 1.50. The molecule has 0 spiro atoms. The van der Waals surface area contributed by atoms with Gasteiger partial charge in [-0.05, 0) is 24.3 Å². The van der Waals surface area contributed by atoms with Crippen LogP contribution in [0.4, 0.5) is 11.4 Å². The summed E-state index contributed by atoms with van der Waals surface area (Å²) >= 11 is 3.54. The van der Waals surface area contributed by atoms with Crippen molar-refractivity contribution in [2.45, 2.75) is 18.9 Å². The highest BCUT2D eigenvalue weighted by Gasteiger charge is 2.16. The van der Waals surface area contributed by atoms with E-state index in [1.54, 1.807) is 13.3 Å². The van der Waals surface area contributed by atoms with Crippen LogP contribution in [-0.2, 0) is 4.74 Å². The molecule has 6 heteroatoms. The van der Waals surface area contributed by atoms with Crippen molar-refractivity contribution in [3.05, 3.63) is 53.1 Å². The molecule has 140 valence electrons. The molecule has 0 aliphatic carbocycles. The molecule has 2 aromatic carbocycles. The number of benzene rings is 2. The summed E-state index contributed by atoms with van der Waals surface area (Å²) in [6.07, 6.45) is 3.79. The molecule has 0 amide bonds. The van der Waals surface area contributed by atoms with Crippen LogP contribution in [0.3, 0.4) is 0 Å². The fourth-order valence-electron chi connectivity index (χ4n) is 3.20. The van der Waals surface area contributed by atoms with Gasteiger partial charge in [-0.1, -0.05) is 15.9 Å². The van der Waals surface area contributed by atoms with Gasteiger partial charge in [0.2, 0.25) is 0 Å². The van der Waals surface area contributed by atoms with Crippen molar-refractivity contribution in [2.75, 3.05) is 25.6 Å². The highest BCUT2D eigenvalue weighted by molar-refractivity contribution is 9.10. The van der Waals surface area contributed by atoms with Gasteiger partial charge in [0.15, 0.2) is 0 Å². The highest BCUT2D eigenvalue weighted by Crippen LogP contribution is 2.32. The van der Waals surface area contributed by atoms with Crippen LogP contribution >= 0.6 is 15.9 Å². The lowest BCUT2D eigenvalue weighted by molar-refractivity contribution is 0.0255. The van der Waals surface area contributed by atoms with Crippen LogP contribution < -0.4 is 14.8 Å². The highest BCUT2D eigenvalue weighted by atomic mass is 79.9. The Balaban J connectivity index is 1.63. The first kappa shape index (κ1) is 18.1. The molecular weight excluding hydrogens is 408 g/mol. The molecule has 2 heterocycles. The minimum Gasteiger partial charge on any atom is -0.497 e. The number of anilines is 2. The minimum absolute atomic E-state index is 0.177. The predicted molar refractivity (Wildman–Crippen MR) is 110 cm³/mol. The second kappa shape index (κ2) is 8.15. The van der Waals surface area contributed by atoms with Crippen LogP contribution in [0.5, 0.6) is 11.5 Å². The molecule has 0 saturated carbocycles. The van der Waals surface area contributed by atoms with Crippen LogP contribution in [0.1, 0.15) is 12.8 Å². The number of aromatic nitrogens is 1. The van der Waals surface area contributed by atoms with E-state index in [0.29, 0.717) is 0 Å². The van der Waals surface area contributed by atoms with Gasteiger partial charge in [0, 0.05) is 58.5 Å². The quantitative estimate of drug-likeness (QED) is 0.596. The normalized spacial score (nSPS) is 14.9. The van der Waals surface area contributed by atoms with Gasteiger partial charge in [0.1, 0.15) is 17.6 Å². The Hall–Kier alpha value is -2.31. The average Bonchev–Trinajstić information content (AvgIpc) is 2.69. The molecule has 0 atom stereocenters. The van der Waals surface area contributed by atoms with E-state index in [2.05, 4.69) is 32.3 Å². The molecule has 4 rings (SSSR count). The van der Waals surface area contributed by atoms with Gasteiger partial charge < -0.3 is 19.5 Å². The third kappa shape index (κ3) is 4.34. The fourth-order valence-corrected chi connectivity index (χ4v) is 3.56. The Kier molecular flexibility index (Phi) is 5.45. The number of hydrogen-bond donors (Lipinski definition) is 1. The van der Waals surface area contributed by atoms with Gasteiger partial charge in [-0.3, -0.25) is 4.98 Å². The zero-order valence-corrected chi connectivity index (χ0v) is 16.7. The molecule has 1 aliphatic rings. The lowest BCUT2D eigenvalue weighted by Crippen LogP contribution is -2.25. The van der Waals surface area contributed by atoms with E-state index >= 15 is 0 Å². The summed E-state index contributed by atoms with van der Waals surface area (Å²) in [5.41, 5.74) is 2.82. The van der Waals surface area contributed by atoms with Crippen molar-refractivity contribution >= 4 is 38.2 Å². The first-order valence-electron chi connectivity index (χ1n) is 8.96. The third-order valence-electron chi connectivity index (χ3n) is 4.57. The van der Waals surface area contributed by atoms with E-state index in [1.807, 2.05) is 36.4 Å². The van der Waals surface area contributed by atoms with Gasteiger partial charge in [0.25, 0.3) is 0 Å². The standard InChI is InChI=1S/C21H21BrN2O3/c1-25-17-11-15(12-18(13-17)27-16-5-8-26-9-6-16)24-21-4-7-23-20-3-2-14(22)10-19(20)21/h2-4,7,10-13,16H,5-6,8-9H2,1H3,(H,23,24). The summed E-state index contributed by atoms with van der Waals surface area (Å²) < 4.78 is 18.1. The SMILES string of the molecule is COc1cc(Nc2ccnc3ccc(Br)cc23)cc(OC2CCOCC2)c1. The summed E-state index contributed by atoms with van der Waals surface area (Å²) in [6, 6.07) is 13.9. The number of nitrogens with one attached hydrogen (secondary N) is 1. The third-order valence-corrected chi connectivity index (χ3v) is 5.06. The van der Waals surface area contributed by atoms with E-state index in [0.717, 1.165) is 64.3 Å². The van der Waals surface area contributed by atoms with Crippen molar-refractivity contribution in [1.29, 1.82) is 0 Å². The first-order valence-corrected chi connectivity index (χ1v) is 9.75. The minimum atomic E-state index is 0.177. The number of ether oxygens (including phenoxy) is 3. The Bertz CT molecular complexity index is 942. The molecule has 1 aromatic heterocycles. The van der Waals surface area contributed by atoms with Crippen LogP contribution in [0.15, 0.2) is 53.1 Å². The van der Waals surface area contributed by atoms with E-state index in [-0.39, 0.29) is 6.10 Å². The van der Waals surface area contributed by atoms with Gasteiger partial charge in [0.05, 0.1) is 25.8 Å². The summed E-state index contributed by atoms with van der Waals surface area (Å²) in [4.78, 5) is 4.43. The summed E-state index contributed by atoms with van der Waals surface area (Å²) in [7, 11) is 1.66. The van der Waals surface area contributed by atoms with Crippen molar-refractivity contribution in [3.63, 3.8) is 0 Å². The van der Waals surface area contributed by atoms with E-state index in [9.17, 15) is 0 Å². The predicted octanol–water partition coefficient (Wildman–Crippen LogP) is 5.31. The van der Waals surface area contributed by atoms with Crippen molar-refractivity contribution < 1.29 is 14.2 Å². The molecule has 27 heavy (non-hydrogen) atoms. The maximum atomic E-state index is 6.16. The zero-order valence-electron chi connectivity index (χ0n) is 15.1. The topological polar surface area (TPSA) is 52.6 Å². The summed E-state index contributed by atoms with van der Waals surface area (Å²) in [5, 5.41) is 4.52. The number of pyridine rings is 1. The number of nitrogens with zero attached hydrogens (tertiary/aromatic N) is 1. The number of methoxy groups -OCH3 is 1. The lowest BCUT2D eigenvalue weighted by atomic mass is 10.1. The largest absolute Gasteiger partial charge is 0.497 e. The van der Waals surface area contributed by atoms with Crippen LogP contribution in [0.2, 0.25) is 0 Å². The lowest BCUT2D eigenvalue weighted by Gasteiger charge is -2.24. The van der Waals surface area contributed by atoms with Crippen LogP contribution in [-0.4, -0.2) is 31.4 Å². The first-order chi connectivity index (χ1) is 13.2. The van der Waals surface area contributed by atoms with Gasteiger partial charge in [-0.15, -0.1) is 0 Å². The smallest absolute Gasteiger partial charge is 0.125 e. The van der Waals surface area contributed by atoms with E-state index < -0.39 is 0 Å². The molecular formula is C21H21BrN2O3. The maximum Gasteiger partial charge on any atom is 0.125 e. The Morgan fingerprint density at radius 3 is 2.70 bits per heavy atom. The number of rotatable bonds is 5. The maximum absolute atomic E-state index is 6.16. The second-order valence-electron chi connectivity index (χ2n) is 6.47. The molecule has 1 N–H and O–H groups in total. The monoisotopic (exact) mass is 428 g/mol. The van der Waals surface area contributed by atoms with Gasteiger partial charge in [-0.2, -0.15) is 0 Å². The summed E-state index contributed by atoms with van der Waals surface area (Å²) in [5.74, 6) is 1.55. The second-order valence-corrected chi connectivity index (χ2v) is 7.39. The molecule has 1 fully saturated rings. The van der Waals surface area contributed by atoms with Gasteiger partial charge in [-0.25, -0.2) is 0 Å². The Morgan fingerprint density at radius 1 is 1.07 bits per heavy atom. The number of hydrogen-bond acceptors (Lipinski definition) is 5. The number of fused-ring (bicyclic) bond motifs is 1. The molecule has 1 aliphatic heterocycles. The van der Waals surface area contributed by atoms with E-state index in [4.69, 9.17) is 14.2 Å². The molecule has 1 saturated heterocycles. The van der Waals surface area contributed by atoms with Crippen LogP contribution in [0.25, 0.3) is 10.9 Å². The van der Waals surface area contributed by atoms with Crippen molar-refractivity contribution in [2.24, 2.45) is 0 Å². The fraction of sp³-hybridized carbons (Fsp3) is 0.286. The van der Waals surface area contributed by atoms with Crippen molar-refractivity contribution in [3.8, 4) is 11.5 Å². The average molecular weight is 429 g/mol. The van der Waals surface area contributed by atoms with E-state index in [1.165, 1.54) is 0 Å². The molecule has 0 radical (unpaired) electrons. The molecule has 3 aromatic rings. The Morgan fingerprint density at radius 2 is 1.89 bits per heavy atom. The molecule has 5 nitrogen and oxygen atoms in total. The molecule has 0 bridgehead atoms. The molecule has 0 unspecified atom stereocenters. The van der Waals surface area contributed by atoms with Gasteiger partial charge >= 0.3 is 0 Å². The Labute approximate surface area is 166 Å². The van der Waals surface area contributed by atoms with Crippen LogP contribution in [0, 0.1) is 0 Å². The number of halogens is 1.